The summed E-state index contributed by atoms with van der Waals surface area (Å²) in [5, 5.41) is 13.1. The number of aromatic carboxylic acids is 1. The van der Waals surface area contributed by atoms with Crippen LogP contribution >= 0.6 is 11.8 Å². The molecule has 9 nitrogen and oxygen atoms in total. The minimum Gasteiger partial charge on any atom is -0.477 e. The van der Waals surface area contributed by atoms with Crippen molar-refractivity contribution in [1.29, 1.82) is 0 Å². The molecule has 0 bridgehead atoms. The summed E-state index contributed by atoms with van der Waals surface area (Å²) in [5.74, 6) is -1.59. The number of aryl methyl sites for hydroxylation is 1. The number of rotatable bonds is 4. The maximum Gasteiger partial charge on any atom is 0.341 e. The number of fused-ring (bicyclic) bond motifs is 4. The Kier molecular flexibility index (Phi) is 5.71. The van der Waals surface area contributed by atoms with Gasteiger partial charge in [0.05, 0.1) is 33.1 Å². The number of halogens is 2. The highest BCUT2D eigenvalue weighted by atomic mass is 32.2. The van der Waals surface area contributed by atoms with E-state index in [1.54, 1.807) is 44.3 Å². The Bertz CT molecular complexity index is 1850. The monoisotopic (exact) mass is 536 g/mol. The van der Waals surface area contributed by atoms with E-state index in [1.165, 1.54) is 10.8 Å². The molecule has 5 aromatic rings. The molecule has 0 aliphatic carbocycles. The van der Waals surface area contributed by atoms with Gasteiger partial charge in [0.2, 0.25) is 5.43 Å². The van der Waals surface area contributed by atoms with E-state index in [9.17, 15) is 19.1 Å². The average Bonchev–Trinajstić information content (AvgIpc) is 3.32. The van der Waals surface area contributed by atoms with Gasteiger partial charge in [0.1, 0.15) is 16.9 Å². The number of benzene rings is 1. The third-order valence-corrected chi connectivity index (χ3v) is 7.86. The molecule has 0 spiro atoms. The lowest BCUT2D eigenvalue weighted by Gasteiger charge is -2.31. The quantitative estimate of drug-likeness (QED) is 0.313. The van der Waals surface area contributed by atoms with Crippen LogP contribution in [0.2, 0.25) is 0 Å². The number of carboxylic acid groups (broad SMARTS) is 1. The van der Waals surface area contributed by atoms with Crippen LogP contribution in [0.5, 0.6) is 0 Å². The first-order valence-electron chi connectivity index (χ1n) is 11.9. The molecule has 0 amide bonds. The fourth-order valence-corrected chi connectivity index (χ4v) is 6.03. The summed E-state index contributed by atoms with van der Waals surface area (Å²) in [6, 6.07) is 2.70. The van der Waals surface area contributed by atoms with Gasteiger partial charge in [-0.05, 0) is 6.07 Å². The molecule has 1 aliphatic heterocycles. The predicted molar refractivity (Wildman–Crippen MR) is 146 cm³/mol. The zero-order chi connectivity index (χ0) is 26.7. The van der Waals surface area contributed by atoms with E-state index >= 15 is 4.39 Å². The Morgan fingerprint density at radius 2 is 1.92 bits per heavy atom. The Hall–Kier alpha value is -4.19. The first-order chi connectivity index (χ1) is 18.3. The molecular weight excluding hydrogens is 514 g/mol. The maximum absolute atomic E-state index is 15.4. The normalized spacial score (nSPS) is 14.1. The van der Waals surface area contributed by atoms with Gasteiger partial charge in [0, 0.05) is 74.5 Å². The summed E-state index contributed by atoms with van der Waals surface area (Å²) in [6.45, 7) is 1.34. The lowest BCUT2D eigenvalue weighted by molar-refractivity contribution is 0.0695. The van der Waals surface area contributed by atoms with Crippen LogP contribution in [0, 0.1) is 11.6 Å². The summed E-state index contributed by atoms with van der Waals surface area (Å²) < 4.78 is 31.6. The van der Waals surface area contributed by atoms with E-state index < -0.39 is 23.0 Å². The number of nitrogens with one attached hydrogen (secondary N) is 2. The van der Waals surface area contributed by atoms with Gasteiger partial charge in [-0.3, -0.25) is 4.79 Å². The number of H-pyrrole nitrogens is 1. The molecule has 1 aliphatic rings. The summed E-state index contributed by atoms with van der Waals surface area (Å²) in [6.07, 6.45) is 4.45. The smallest absolute Gasteiger partial charge is 0.341 e. The maximum atomic E-state index is 15.4. The van der Waals surface area contributed by atoms with Gasteiger partial charge >= 0.3 is 5.97 Å². The Balaban J connectivity index is 1.72. The van der Waals surface area contributed by atoms with Crippen molar-refractivity contribution in [2.75, 3.05) is 41.9 Å². The van der Waals surface area contributed by atoms with Crippen LogP contribution in [-0.2, 0) is 7.05 Å². The van der Waals surface area contributed by atoms with E-state index in [0.717, 1.165) is 17.6 Å². The third-order valence-electron chi connectivity index (χ3n) is 6.92. The van der Waals surface area contributed by atoms with Crippen LogP contribution < -0.4 is 15.6 Å². The van der Waals surface area contributed by atoms with E-state index in [1.807, 2.05) is 0 Å². The van der Waals surface area contributed by atoms with Crippen LogP contribution in [0.1, 0.15) is 10.4 Å². The zero-order valence-corrected chi connectivity index (χ0v) is 21.2. The first-order valence-corrected chi connectivity index (χ1v) is 13.0. The van der Waals surface area contributed by atoms with Gasteiger partial charge < -0.3 is 24.9 Å². The summed E-state index contributed by atoms with van der Waals surface area (Å²) in [7, 11) is 3.25. The number of carboxylic acids is 1. The van der Waals surface area contributed by atoms with Gasteiger partial charge in [0.25, 0.3) is 0 Å². The highest BCUT2D eigenvalue weighted by Crippen LogP contribution is 2.43. The van der Waals surface area contributed by atoms with Gasteiger partial charge in [-0.2, -0.15) is 11.8 Å². The molecule has 0 radical (unpaired) electrons. The molecule has 6 rings (SSSR count). The van der Waals surface area contributed by atoms with Crippen molar-refractivity contribution in [2.45, 2.75) is 0 Å². The molecule has 1 saturated heterocycles. The Morgan fingerprint density at radius 1 is 1.16 bits per heavy atom. The molecule has 0 atom stereocenters. The molecule has 5 heterocycles. The van der Waals surface area contributed by atoms with Crippen molar-refractivity contribution in [2.24, 2.45) is 7.05 Å². The van der Waals surface area contributed by atoms with Crippen molar-refractivity contribution in [3.05, 3.63) is 58.1 Å². The Labute approximate surface area is 218 Å². The number of hydrogen-bond acceptors (Lipinski definition) is 7. The summed E-state index contributed by atoms with van der Waals surface area (Å²) in [5.41, 5.74) is 2.25. The number of hydrogen-bond donors (Lipinski definition) is 3. The number of carbonyl (C=O) groups is 1. The van der Waals surface area contributed by atoms with Crippen molar-refractivity contribution < 1.29 is 18.7 Å². The largest absolute Gasteiger partial charge is 0.477 e. The molecule has 38 heavy (non-hydrogen) atoms. The second-order valence-corrected chi connectivity index (χ2v) is 10.3. The van der Waals surface area contributed by atoms with Crippen LogP contribution in [0.3, 0.4) is 0 Å². The number of thioether (sulfide) groups is 1. The average molecular weight is 537 g/mol. The van der Waals surface area contributed by atoms with E-state index in [4.69, 9.17) is 0 Å². The SMILES string of the molecule is CNc1cc(F)c(F)c2c1[nH]c1ncc(-c3cnc4c(c3)c(=O)c(C(=O)O)cn4C)c(N3CCSCC3)c12. The fourth-order valence-electron chi connectivity index (χ4n) is 5.13. The molecule has 3 N–H and O–H groups in total. The zero-order valence-electron chi connectivity index (χ0n) is 20.4. The molecule has 12 heteroatoms. The van der Waals surface area contributed by atoms with Crippen LogP contribution in [0.15, 0.2) is 35.5 Å². The van der Waals surface area contributed by atoms with Crippen LogP contribution in [-0.4, -0.2) is 62.2 Å². The highest BCUT2D eigenvalue weighted by molar-refractivity contribution is 7.99. The van der Waals surface area contributed by atoms with Crippen molar-refractivity contribution in [3.8, 4) is 11.1 Å². The van der Waals surface area contributed by atoms with Gasteiger partial charge in [0.15, 0.2) is 11.6 Å². The molecule has 0 unspecified atom stereocenters. The predicted octanol–water partition coefficient (Wildman–Crippen LogP) is 4.20. The summed E-state index contributed by atoms with van der Waals surface area (Å²) >= 11 is 1.81. The van der Waals surface area contributed by atoms with Crippen LogP contribution in [0.25, 0.3) is 44.1 Å². The standard InChI is InChI=1S/C26H22F2N6O3S/c1-29-17-8-16(27)20(28)18-19-22(34-3-5-38-6-4-34)14(10-30-24(19)32-21(17)18)12-7-13-23(35)15(26(36)37)11-33(2)25(13)31-9-12/h7-11,29H,3-6H2,1-2H3,(H,30,32)(H,36,37). The van der Waals surface area contributed by atoms with E-state index in [2.05, 4.69) is 25.2 Å². The molecule has 1 aromatic carbocycles. The highest BCUT2D eigenvalue weighted by Gasteiger charge is 2.26. The topological polar surface area (TPSA) is 116 Å². The summed E-state index contributed by atoms with van der Waals surface area (Å²) in [4.78, 5) is 39.0. The number of nitrogens with zero attached hydrogens (tertiary/aromatic N) is 4. The fraction of sp³-hybridized carbons (Fsp3) is 0.231. The number of aromatic nitrogens is 4. The van der Waals surface area contributed by atoms with Gasteiger partial charge in [-0.15, -0.1) is 0 Å². The molecule has 194 valence electrons. The van der Waals surface area contributed by atoms with Gasteiger partial charge in [-0.25, -0.2) is 23.5 Å². The van der Waals surface area contributed by atoms with Crippen LogP contribution in [0.4, 0.5) is 20.2 Å². The Morgan fingerprint density at radius 3 is 2.63 bits per heavy atom. The third kappa shape index (κ3) is 3.58. The van der Waals surface area contributed by atoms with Crippen molar-refractivity contribution in [3.63, 3.8) is 0 Å². The number of aromatic amines is 1. The van der Waals surface area contributed by atoms with E-state index in [0.29, 0.717) is 57.8 Å². The lowest BCUT2D eigenvalue weighted by Crippen LogP contribution is -2.33. The number of anilines is 2. The second-order valence-electron chi connectivity index (χ2n) is 9.07. The minimum atomic E-state index is -1.33. The van der Waals surface area contributed by atoms with Crippen molar-refractivity contribution in [1.82, 2.24) is 19.5 Å². The van der Waals surface area contributed by atoms with Crippen molar-refractivity contribution >= 4 is 62.1 Å². The first kappa shape index (κ1) is 24.2. The second kappa shape index (κ2) is 8.98. The van der Waals surface area contributed by atoms with E-state index in [-0.39, 0.29) is 16.3 Å². The number of pyridine rings is 3. The minimum absolute atomic E-state index is 0.0877. The molecule has 1 fully saturated rings. The molecular formula is C26H22F2N6O3S. The molecule has 4 aromatic heterocycles. The lowest BCUT2D eigenvalue weighted by atomic mass is 10.0. The van der Waals surface area contributed by atoms with Gasteiger partial charge in [-0.1, -0.05) is 0 Å². The molecule has 0 saturated carbocycles.